The summed E-state index contributed by atoms with van der Waals surface area (Å²) in [7, 11) is 0. The first kappa shape index (κ1) is 22.4. The summed E-state index contributed by atoms with van der Waals surface area (Å²) in [4.78, 5) is 35.3. The summed E-state index contributed by atoms with van der Waals surface area (Å²) in [6.45, 7) is 10.00. The average molecular weight is 343 g/mol. The predicted molar refractivity (Wildman–Crippen MR) is 93.1 cm³/mol. The fourth-order valence-electron chi connectivity index (χ4n) is 2.40. The van der Waals surface area contributed by atoms with Gasteiger partial charge in [0, 0.05) is 19.6 Å². The van der Waals surface area contributed by atoms with E-state index < -0.39 is 17.8 Å². The van der Waals surface area contributed by atoms with Gasteiger partial charge in [-0.05, 0) is 18.3 Å². The van der Waals surface area contributed by atoms with Gasteiger partial charge in [-0.2, -0.15) is 0 Å². The van der Waals surface area contributed by atoms with Crippen molar-refractivity contribution in [3.05, 3.63) is 0 Å². The third-order valence-corrected chi connectivity index (χ3v) is 4.05. The van der Waals surface area contributed by atoms with E-state index in [1.165, 1.54) is 0 Å². The lowest BCUT2D eigenvalue weighted by atomic mass is 9.95. The summed E-state index contributed by atoms with van der Waals surface area (Å²) >= 11 is 0. The Bertz CT molecular complexity index is 424. The lowest BCUT2D eigenvalue weighted by Gasteiger charge is -2.20. The zero-order chi connectivity index (χ0) is 18.9. The number of hydrogen-bond donors (Lipinski definition) is 4. The minimum absolute atomic E-state index is 0.0993. The maximum absolute atomic E-state index is 12.1. The molecule has 0 aliphatic carbocycles. The van der Waals surface area contributed by atoms with E-state index in [2.05, 4.69) is 10.6 Å². The summed E-state index contributed by atoms with van der Waals surface area (Å²) < 4.78 is 0. The molecule has 140 valence electrons. The van der Waals surface area contributed by atoms with E-state index in [1.807, 2.05) is 27.7 Å². The van der Waals surface area contributed by atoms with E-state index in [9.17, 15) is 14.4 Å². The van der Waals surface area contributed by atoms with Crippen LogP contribution in [0.4, 0.5) is 0 Å². The SMILES string of the molecule is CC(C)C[C@@H](CNC(=O)[C@@H](C)CNC(=O)[C@H](CN)C(C)C)C(=O)O. The van der Waals surface area contributed by atoms with Crippen molar-refractivity contribution in [2.75, 3.05) is 19.6 Å². The van der Waals surface area contributed by atoms with E-state index in [0.29, 0.717) is 6.42 Å². The molecule has 0 saturated heterocycles. The normalized spacial score (nSPS) is 15.0. The van der Waals surface area contributed by atoms with E-state index >= 15 is 0 Å². The van der Waals surface area contributed by atoms with E-state index in [4.69, 9.17) is 10.8 Å². The number of carbonyl (C=O) groups is 3. The molecule has 3 atom stereocenters. The molecule has 0 aromatic rings. The molecule has 0 aromatic carbocycles. The standard InChI is InChI=1S/C17H33N3O4/c1-10(2)6-13(17(23)24)9-20-15(21)12(5)8-19-16(22)14(7-18)11(3)4/h10-14H,6-9,18H2,1-5H3,(H,19,22)(H,20,21)(H,23,24)/t12-,13-,14+/m0/s1. The lowest BCUT2D eigenvalue weighted by Crippen LogP contribution is -2.43. The van der Waals surface area contributed by atoms with Crippen LogP contribution in [0.5, 0.6) is 0 Å². The second-order valence-electron chi connectivity index (χ2n) is 7.14. The quantitative estimate of drug-likeness (QED) is 0.443. The van der Waals surface area contributed by atoms with Crippen molar-refractivity contribution in [2.45, 2.75) is 41.0 Å². The molecule has 24 heavy (non-hydrogen) atoms. The molecular weight excluding hydrogens is 310 g/mol. The average Bonchev–Trinajstić information content (AvgIpc) is 2.48. The van der Waals surface area contributed by atoms with Crippen LogP contribution in [0.2, 0.25) is 0 Å². The molecule has 0 saturated carbocycles. The summed E-state index contributed by atoms with van der Waals surface area (Å²) in [5.74, 6) is -2.27. The fourth-order valence-corrected chi connectivity index (χ4v) is 2.40. The molecule has 7 heteroatoms. The third kappa shape index (κ3) is 8.29. The number of hydrogen-bond acceptors (Lipinski definition) is 4. The van der Waals surface area contributed by atoms with E-state index in [1.54, 1.807) is 6.92 Å². The molecule has 0 rings (SSSR count). The second-order valence-corrected chi connectivity index (χ2v) is 7.14. The summed E-state index contributed by atoms with van der Waals surface area (Å²) in [5, 5.41) is 14.6. The molecule has 0 spiro atoms. The summed E-state index contributed by atoms with van der Waals surface area (Å²) in [5.41, 5.74) is 5.59. The lowest BCUT2D eigenvalue weighted by molar-refractivity contribution is -0.142. The number of rotatable bonds is 11. The number of amides is 2. The number of aliphatic carboxylic acids is 1. The Balaban J connectivity index is 4.37. The first-order valence-electron chi connectivity index (χ1n) is 8.58. The Hall–Kier alpha value is -1.63. The van der Waals surface area contributed by atoms with Gasteiger partial charge in [-0.1, -0.05) is 34.6 Å². The Morgan fingerprint density at radius 1 is 0.958 bits per heavy atom. The Labute approximate surface area is 144 Å². The molecule has 0 aliphatic heterocycles. The predicted octanol–water partition coefficient (Wildman–Crippen LogP) is 0.833. The molecule has 0 bridgehead atoms. The van der Waals surface area contributed by atoms with Crippen LogP contribution in [0, 0.1) is 29.6 Å². The van der Waals surface area contributed by atoms with Gasteiger partial charge in [0.25, 0.3) is 0 Å². The summed E-state index contributed by atoms with van der Waals surface area (Å²) in [6.07, 6.45) is 0.507. The molecule has 0 unspecified atom stereocenters. The maximum atomic E-state index is 12.1. The van der Waals surface area contributed by atoms with Crippen LogP contribution in [-0.4, -0.2) is 42.5 Å². The number of carboxylic acids is 1. The monoisotopic (exact) mass is 343 g/mol. The van der Waals surface area contributed by atoms with Gasteiger partial charge in [0.2, 0.25) is 11.8 Å². The number of carbonyl (C=O) groups excluding carboxylic acids is 2. The highest BCUT2D eigenvalue weighted by Crippen LogP contribution is 2.12. The molecule has 7 nitrogen and oxygen atoms in total. The smallest absolute Gasteiger partial charge is 0.308 e. The van der Waals surface area contributed by atoms with Gasteiger partial charge in [-0.3, -0.25) is 14.4 Å². The Morgan fingerprint density at radius 2 is 1.50 bits per heavy atom. The highest BCUT2D eigenvalue weighted by molar-refractivity contribution is 5.82. The molecule has 5 N–H and O–H groups in total. The molecule has 0 aromatic heterocycles. The van der Waals surface area contributed by atoms with Crippen LogP contribution in [0.1, 0.15) is 41.0 Å². The van der Waals surface area contributed by atoms with Crippen molar-refractivity contribution in [3.63, 3.8) is 0 Å². The van der Waals surface area contributed by atoms with E-state index in [0.717, 1.165) is 0 Å². The minimum atomic E-state index is -0.910. The van der Waals surface area contributed by atoms with Crippen molar-refractivity contribution < 1.29 is 19.5 Å². The van der Waals surface area contributed by atoms with Gasteiger partial charge >= 0.3 is 5.97 Å². The van der Waals surface area contributed by atoms with Crippen LogP contribution in [0.3, 0.4) is 0 Å². The third-order valence-electron chi connectivity index (χ3n) is 4.05. The number of carboxylic acid groups (broad SMARTS) is 1. The Kier molecular flexibility index (Phi) is 10.3. The van der Waals surface area contributed by atoms with Gasteiger partial charge in [-0.15, -0.1) is 0 Å². The number of nitrogens with two attached hydrogens (primary N) is 1. The van der Waals surface area contributed by atoms with Gasteiger partial charge in [-0.25, -0.2) is 0 Å². The van der Waals surface area contributed by atoms with Crippen LogP contribution in [0.15, 0.2) is 0 Å². The van der Waals surface area contributed by atoms with Crippen LogP contribution < -0.4 is 16.4 Å². The van der Waals surface area contributed by atoms with Gasteiger partial charge < -0.3 is 21.5 Å². The maximum Gasteiger partial charge on any atom is 0.308 e. The first-order chi connectivity index (χ1) is 11.1. The molecule has 0 radical (unpaired) electrons. The topological polar surface area (TPSA) is 122 Å². The van der Waals surface area contributed by atoms with Crippen molar-refractivity contribution in [1.82, 2.24) is 10.6 Å². The largest absolute Gasteiger partial charge is 0.481 e. The van der Waals surface area contributed by atoms with Gasteiger partial charge in [0.05, 0.1) is 17.8 Å². The highest BCUT2D eigenvalue weighted by atomic mass is 16.4. The molecule has 0 heterocycles. The first-order valence-corrected chi connectivity index (χ1v) is 8.58. The highest BCUT2D eigenvalue weighted by Gasteiger charge is 2.23. The zero-order valence-electron chi connectivity index (χ0n) is 15.5. The summed E-state index contributed by atoms with van der Waals surface area (Å²) in [6, 6.07) is 0. The van der Waals surface area contributed by atoms with Gasteiger partial charge in [0.1, 0.15) is 0 Å². The molecule has 0 fully saturated rings. The number of nitrogens with one attached hydrogen (secondary N) is 2. The van der Waals surface area contributed by atoms with Crippen LogP contribution >= 0.6 is 0 Å². The molecular formula is C17H33N3O4. The molecule has 2 amide bonds. The van der Waals surface area contributed by atoms with Crippen molar-refractivity contribution in [1.29, 1.82) is 0 Å². The zero-order valence-corrected chi connectivity index (χ0v) is 15.5. The second kappa shape index (κ2) is 11.0. The van der Waals surface area contributed by atoms with E-state index in [-0.39, 0.29) is 49.2 Å². The van der Waals surface area contributed by atoms with Crippen molar-refractivity contribution >= 4 is 17.8 Å². The Morgan fingerprint density at radius 3 is 1.92 bits per heavy atom. The van der Waals surface area contributed by atoms with Crippen LogP contribution in [-0.2, 0) is 14.4 Å². The van der Waals surface area contributed by atoms with Crippen LogP contribution in [0.25, 0.3) is 0 Å². The van der Waals surface area contributed by atoms with Crippen molar-refractivity contribution in [3.8, 4) is 0 Å². The van der Waals surface area contributed by atoms with Crippen molar-refractivity contribution in [2.24, 2.45) is 35.3 Å². The fraction of sp³-hybridized carbons (Fsp3) is 0.824. The minimum Gasteiger partial charge on any atom is -0.481 e. The van der Waals surface area contributed by atoms with Gasteiger partial charge in [0.15, 0.2) is 0 Å². The molecule has 0 aliphatic rings.